The molecule has 2 aliphatic rings. The number of methoxy groups -OCH3 is 1. The van der Waals surface area contributed by atoms with Crippen LogP contribution in [0.2, 0.25) is 0 Å². The predicted octanol–water partition coefficient (Wildman–Crippen LogP) is -1.06. The number of rotatable bonds is 5. The number of carbonyl (C=O) groups excluding carboxylic acids is 3. The molecule has 8 nitrogen and oxygen atoms in total. The zero-order valence-corrected chi connectivity index (χ0v) is 12.2. The SMILES string of the molecule is COCCCC(N)C(=O)N1CCCC2(C1)NC(=O)NC2=O. The summed E-state index contributed by atoms with van der Waals surface area (Å²) in [4.78, 5) is 37.2. The summed E-state index contributed by atoms with van der Waals surface area (Å²) >= 11 is 0. The van der Waals surface area contributed by atoms with Gasteiger partial charge in [0.25, 0.3) is 5.91 Å². The molecule has 21 heavy (non-hydrogen) atoms. The van der Waals surface area contributed by atoms with Crippen molar-refractivity contribution in [2.75, 3.05) is 26.8 Å². The molecule has 2 unspecified atom stereocenters. The van der Waals surface area contributed by atoms with Crippen molar-refractivity contribution < 1.29 is 19.1 Å². The van der Waals surface area contributed by atoms with Gasteiger partial charge < -0.3 is 20.7 Å². The molecule has 2 rings (SSSR count). The molecule has 2 atom stereocenters. The van der Waals surface area contributed by atoms with Gasteiger partial charge in [0, 0.05) is 20.3 Å². The van der Waals surface area contributed by atoms with Crippen LogP contribution in [0.25, 0.3) is 0 Å². The lowest BCUT2D eigenvalue weighted by Crippen LogP contribution is -2.61. The molecule has 0 saturated carbocycles. The van der Waals surface area contributed by atoms with Crippen LogP contribution in [0, 0.1) is 0 Å². The maximum absolute atomic E-state index is 12.3. The molecule has 118 valence electrons. The van der Waals surface area contributed by atoms with Gasteiger partial charge in [-0.05, 0) is 25.7 Å². The van der Waals surface area contributed by atoms with E-state index in [9.17, 15) is 14.4 Å². The lowest BCUT2D eigenvalue weighted by atomic mass is 9.88. The fraction of sp³-hybridized carbons (Fsp3) is 0.769. The number of urea groups is 1. The highest BCUT2D eigenvalue weighted by Gasteiger charge is 2.49. The van der Waals surface area contributed by atoms with Crippen LogP contribution in [0.15, 0.2) is 0 Å². The number of amides is 4. The Morgan fingerprint density at radius 2 is 2.29 bits per heavy atom. The average Bonchev–Trinajstić information content (AvgIpc) is 2.72. The molecule has 8 heteroatoms. The van der Waals surface area contributed by atoms with Crippen molar-refractivity contribution in [3.63, 3.8) is 0 Å². The Balaban J connectivity index is 1.96. The molecule has 0 aromatic carbocycles. The number of likely N-dealkylation sites (tertiary alicyclic amines) is 1. The Labute approximate surface area is 123 Å². The largest absolute Gasteiger partial charge is 0.385 e. The van der Waals surface area contributed by atoms with Gasteiger partial charge in [0.15, 0.2) is 0 Å². The van der Waals surface area contributed by atoms with Crippen LogP contribution < -0.4 is 16.4 Å². The van der Waals surface area contributed by atoms with Crippen LogP contribution in [-0.2, 0) is 14.3 Å². The number of nitrogens with one attached hydrogen (secondary N) is 2. The van der Waals surface area contributed by atoms with Gasteiger partial charge in [-0.2, -0.15) is 0 Å². The van der Waals surface area contributed by atoms with E-state index in [-0.39, 0.29) is 18.4 Å². The van der Waals surface area contributed by atoms with Crippen LogP contribution in [0.1, 0.15) is 25.7 Å². The number of hydrogen-bond donors (Lipinski definition) is 3. The van der Waals surface area contributed by atoms with Crippen molar-refractivity contribution in [2.24, 2.45) is 5.73 Å². The van der Waals surface area contributed by atoms with Crippen LogP contribution in [-0.4, -0.2) is 61.1 Å². The molecule has 4 N–H and O–H groups in total. The van der Waals surface area contributed by atoms with Crippen LogP contribution in [0.4, 0.5) is 4.79 Å². The molecule has 2 fully saturated rings. The monoisotopic (exact) mass is 298 g/mol. The number of nitrogens with two attached hydrogens (primary N) is 1. The van der Waals surface area contributed by atoms with Crippen molar-refractivity contribution in [3.05, 3.63) is 0 Å². The molecule has 2 aliphatic heterocycles. The van der Waals surface area contributed by atoms with Crippen molar-refractivity contribution >= 4 is 17.8 Å². The topological polar surface area (TPSA) is 114 Å². The molecule has 0 aromatic rings. The number of imide groups is 1. The van der Waals surface area contributed by atoms with Crippen LogP contribution in [0.3, 0.4) is 0 Å². The number of ether oxygens (including phenoxy) is 1. The van der Waals surface area contributed by atoms with Gasteiger partial charge in [-0.1, -0.05) is 0 Å². The van der Waals surface area contributed by atoms with E-state index in [0.717, 1.165) is 0 Å². The quantitative estimate of drug-likeness (QED) is 0.442. The van der Waals surface area contributed by atoms with E-state index >= 15 is 0 Å². The second kappa shape index (κ2) is 6.40. The van der Waals surface area contributed by atoms with E-state index in [2.05, 4.69) is 10.6 Å². The maximum Gasteiger partial charge on any atom is 0.322 e. The standard InChI is InChI=1S/C13H22N4O4/c1-21-7-2-4-9(14)10(18)17-6-3-5-13(8-17)11(19)15-12(20)16-13/h9H,2-8,14H2,1H3,(H2,15,16,19,20). The highest BCUT2D eigenvalue weighted by Crippen LogP contribution is 2.25. The summed E-state index contributed by atoms with van der Waals surface area (Å²) in [5.74, 6) is -0.544. The summed E-state index contributed by atoms with van der Waals surface area (Å²) in [5.41, 5.74) is 4.91. The van der Waals surface area contributed by atoms with Gasteiger partial charge in [0.1, 0.15) is 5.54 Å². The van der Waals surface area contributed by atoms with E-state index in [1.54, 1.807) is 12.0 Å². The fourth-order valence-corrected chi connectivity index (χ4v) is 2.86. The van der Waals surface area contributed by atoms with E-state index < -0.39 is 17.6 Å². The van der Waals surface area contributed by atoms with Gasteiger partial charge in [0.2, 0.25) is 5.91 Å². The first-order chi connectivity index (χ1) is 9.98. The van der Waals surface area contributed by atoms with Crippen LogP contribution >= 0.6 is 0 Å². The van der Waals surface area contributed by atoms with E-state index in [0.29, 0.717) is 38.8 Å². The van der Waals surface area contributed by atoms with Gasteiger partial charge in [-0.15, -0.1) is 0 Å². The first kappa shape index (κ1) is 15.7. The van der Waals surface area contributed by atoms with Gasteiger partial charge >= 0.3 is 6.03 Å². The van der Waals surface area contributed by atoms with E-state index in [4.69, 9.17) is 10.5 Å². The molecule has 0 radical (unpaired) electrons. The number of hydrogen-bond acceptors (Lipinski definition) is 5. The summed E-state index contributed by atoms with van der Waals surface area (Å²) in [6, 6.07) is -1.10. The highest BCUT2D eigenvalue weighted by atomic mass is 16.5. The summed E-state index contributed by atoms with van der Waals surface area (Å²) < 4.78 is 4.94. The van der Waals surface area contributed by atoms with Crippen molar-refractivity contribution in [2.45, 2.75) is 37.3 Å². The smallest absolute Gasteiger partial charge is 0.322 e. The number of nitrogens with zero attached hydrogens (tertiary/aromatic N) is 1. The first-order valence-electron chi connectivity index (χ1n) is 7.15. The maximum atomic E-state index is 12.3. The third-order valence-electron chi connectivity index (χ3n) is 4.00. The van der Waals surface area contributed by atoms with Crippen molar-refractivity contribution in [1.82, 2.24) is 15.5 Å². The Morgan fingerprint density at radius 3 is 2.90 bits per heavy atom. The zero-order chi connectivity index (χ0) is 15.5. The highest BCUT2D eigenvalue weighted by molar-refractivity contribution is 6.07. The van der Waals surface area contributed by atoms with Gasteiger partial charge in [-0.25, -0.2) is 4.79 Å². The van der Waals surface area contributed by atoms with Gasteiger partial charge in [-0.3, -0.25) is 14.9 Å². The summed E-state index contributed by atoms with van der Waals surface area (Å²) in [7, 11) is 1.60. The Hall–Kier alpha value is -1.67. The van der Waals surface area contributed by atoms with Crippen molar-refractivity contribution in [1.29, 1.82) is 0 Å². The molecular formula is C13H22N4O4. The summed E-state index contributed by atoms with van der Waals surface area (Å²) in [6.07, 6.45) is 2.44. The predicted molar refractivity (Wildman–Crippen MR) is 74.3 cm³/mol. The molecule has 0 aromatic heterocycles. The third-order valence-corrected chi connectivity index (χ3v) is 4.00. The molecule has 2 heterocycles. The molecule has 2 saturated heterocycles. The second-order valence-corrected chi connectivity index (χ2v) is 5.60. The second-order valence-electron chi connectivity index (χ2n) is 5.60. The Morgan fingerprint density at radius 1 is 1.52 bits per heavy atom. The number of carbonyl (C=O) groups is 3. The number of piperidine rings is 1. The molecule has 4 amide bonds. The lowest BCUT2D eigenvalue weighted by Gasteiger charge is -2.39. The third kappa shape index (κ3) is 3.33. The Kier molecular flexibility index (Phi) is 4.79. The average molecular weight is 298 g/mol. The normalized spacial score (nSPS) is 26.7. The molecule has 0 bridgehead atoms. The first-order valence-corrected chi connectivity index (χ1v) is 7.15. The van der Waals surface area contributed by atoms with E-state index in [1.165, 1.54) is 0 Å². The molecular weight excluding hydrogens is 276 g/mol. The summed E-state index contributed by atoms with van der Waals surface area (Å²) in [6.45, 7) is 1.30. The zero-order valence-electron chi connectivity index (χ0n) is 12.2. The van der Waals surface area contributed by atoms with E-state index in [1.807, 2.05) is 0 Å². The van der Waals surface area contributed by atoms with Crippen molar-refractivity contribution in [3.8, 4) is 0 Å². The minimum Gasteiger partial charge on any atom is -0.385 e. The van der Waals surface area contributed by atoms with Crippen LogP contribution in [0.5, 0.6) is 0 Å². The van der Waals surface area contributed by atoms with Gasteiger partial charge in [0.05, 0.1) is 12.6 Å². The minimum atomic E-state index is -0.989. The lowest BCUT2D eigenvalue weighted by molar-refractivity contribution is -0.137. The Bertz CT molecular complexity index is 442. The molecule has 0 aliphatic carbocycles. The minimum absolute atomic E-state index is 0.181. The summed E-state index contributed by atoms with van der Waals surface area (Å²) in [5, 5.41) is 4.87. The molecule has 1 spiro atoms. The fourth-order valence-electron chi connectivity index (χ4n) is 2.86.